The van der Waals surface area contributed by atoms with E-state index in [-0.39, 0.29) is 24.4 Å². The van der Waals surface area contributed by atoms with Crippen molar-refractivity contribution in [1.82, 2.24) is 10.2 Å². The number of nitrogens with one attached hydrogen (secondary N) is 1. The lowest BCUT2D eigenvalue weighted by molar-refractivity contribution is -0.125. The fourth-order valence-electron chi connectivity index (χ4n) is 3.14. The summed E-state index contributed by atoms with van der Waals surface area (Å²) in [5, 5.41) is 3.04. The molecule has 4 heteroatoms. The number of carbonyl (C=O) groups excluding carboxylic acids is 1. The lowest BCUT2D eigenvalue weighted by atomic mass is 9.69. The van der Waals surface area contributed by atoms with E-state index in [4.69, 9.17) is 0 Å². The van der Waals surface area contributed by atoms with Crippen LogP contribution in [0.15, 0.2) is 73.3 Å². The molecule has 0 spiro atoms. The van der Waals surface area contributed by atoms with Gasteiger partial charge in [0.1, 0.15) is 5.41 Å². The van der Waals surface area contributed by atoms with Gasteiger partial charge in [-0.25, -0.2) is 0 Å². The molecule has 1 atom stereocenters. The fraction of sp³-hybridized carbons (Fsp3) is 0.318. The molecule has 1 N–H and O–H groups in total. The van der Waals surface area contributed by atoms with Crippen molar-refractivity contribution in [2.75, 3.05) is 20.6 Å². The number of rotatable bonds is 8. The van der Waals surface area contributed by atoms with Crippen LogP contribution in [-0.2, 0) is 10.2 Å². The Bertz CT molecular complexity index is 646. The first kappa shape index (κ1) is 21.9. The number of halogens is 1. The van der Waals surface area contributed by atoms with Gasteiger partial charge in [-0.2, -0.15) is 0 Å². The Morgan fingerprint density at radius 2 is 1.54 bits per heavy atom. The molecule has 0 aliphatic rings. The molecule has 140 valence electrons. The minimum atomic E-state index is -0.741. The summed E-state index contributed by atoms with van der Waals surface area (Å²) in [7, 11) is 4.10. The van der Waals surface area contributed by atoms with E-state index in [9.17, 15) is 4.79 Å². The van der Waals surface area contributed by atoms with Crippen molar-refractivity contribution in [3.63, 3.8) is 0 Å². The molecule has 0 aliphatic carbocycles. The van der Waals surface area contributed by atoms with Gasteiger partial charge in [0.25, 0.3) is 0 Å². The number of carbonyl (C=O) groups is 1. The molecule has 0 radical (unpaired) electrons. The van der Waals surface area contributed by atoms with E-state index in [2.05, 4.69) is 23.7 Å². The maximum absolute atomic E-state index is 13.4. The molecule has 1 unspecified atom stereocenters. The third-order valence-corrected chi connectivity index (χ3v) is 4.81. The highest BCUT2D eigenvalue weighted by molar-refractivity contribution is 5.92. The van der Waals surface area contributed by atoms with Gasteiger partial charge in [0.15, 0.2) is 0 Å². The molecular weight excluding hydrogens is 344 g/mol. The maximum atomic E-state index is 13.4. The first-order valence-corrected chi connectivity index (χ1v) is 8.69. The zero-order valence-corrected chi connectivity index (χ0v) is 16.6. The molecule has 2 aromatic rings. The Hall–Kier alpha value is -2.10. The molecule has 3 nitrogen and oxygen atoms in total. The highest BCUT2D eigenvalue weighted by Crippen LogP contribution is 2.38. The maximum Gasteiger partial charge on any atom is 0.235 e. The summed E-state index contributed by atoms with van der Waals surface area (Å²) in [6.45, 7) is 6.34. The standard InChI is InChI=1S/C22H28N2O.ClH/c1-5-16-23-21(25)22(17-18(2)24(3)4,19-12-8-6-9-13-19)20-14-10-7-11-15-20;/h5-15,18H,1,16-17H2,2-4H3,(H,23,25);1H. The molecule has 0 fully saturated rings. The van der Waals surface area contributed by atoms with E-state index in [0.717, 1.165) is 11.1 Å². The summed E-state index contributed by atoms with van der Waals surface area (Å²) in [5.74, 6) is 0.0125. The van der Waals surface area contributed by atoms with Gasteiger partial charge >= 0.3 is 0 Å². The predicted octanol–water partition coefficient (Wildman–Crippen LogP) is 4.04. The lowest BCUT2D eigenvalue weighted by Gasteiger charge is -2.37. The van der Waals surface area contributed by atoms with Crippen molar-refractivity contribution in [2.45, 2.75) is 24.8 Å². The van der Waals surface area contributed by atoms with E-state index < -0.39 is 5.41 Å². The van der Waals surface area contributed by atoms with Crippen LogP contribution in [0.4, 0.5) is 0 Å². The van der Waals surface area contributed by atoms with Crippen LogP contribution in [-0.4, -0.2) is 37.5 Å². The number of nitrogens with zero attached hydrogens (tertiary/aromatic N) is 1. The molecule has 2 aromatic carbocycles. The summed E-state index contributed by atoms with van der Waals surface area (Å²) in [5.41, 5.74) is 1.28. The van der Waals surface area contributed by atoms with Crippen LogP contribution in [0.1, 0.15) is 24.5 Å². The molecular formula is C22H29ClN2O. The van der Waals surface area contributed by atoms with Gasteiger partial charge in [-0.15, -0.1) is 19.0 Å². The Kier molecular flexibility index (Phi) is 8.56. The van der Waals surface area contributed by atoms with Crippen LogP contribution in [0.2, 0.25) is 0 Å². The first-order valence-electron chi connectivity index (χ1n) is 8.69. The fourth-order valence-corrected chi connectivity index (χ4v) is 3.14. The molecule has 0 heterocycles. The van der Waals surface area contributed by atoms with Crippen molar-refractivity contribution >= 4 is 18.3 Å². The molecule has 0 bridgehead atoms. The van der Waals surface area contributed by atoms with E-state index in [1.165, 1.54) is 0 Å². The van der Waals surface area contributed by atoms with Crippen LogP contribution in [0.3, 0.4) is 0 Å². The van der Waals surface area contributed by atoms with Crippen molar-refractivity contribution in [3.05, 3.63) is 84.4 Å². The predicted molar refractivity (Wildman–Crippen MR) is 112 cm³/mol. The quantitative estimate of drug-likeness (QED) is 0.709. The second kappa shape index (κ2) is 10.1. The van der Waals surface area contributed by atoms with Crippen LogP contribution >= 0.6 is 12.4 Å². The molecule has 0 aliphatic heterocycles. The normalized spacial score (nSPS) is 12.2. The van der Waals surface area contributed by atoms with E-state index in [1.807, 2.05) is 74.8 Å². The SMILES string of the molecule is C=CCNC(=O)C(CC(C)N(C)C)(c1ccccc1)c1ccccc1.Cl. The topological polar surface area (TPSA) is 32.3 Å². The molecule has 26 heavy (non-hydrogen) atoms. The summed E-state index contributed by atoms with van der Waals surface area (Å²) >= 11 is 0. The minimum absolute atomic E-state index is 0. The number of benzene rings is 2. The zero-order chi connectivity index (χ0) is 18.3. The highest BCUT2D eigenvalue weighted by Gasteiger charge is 2.43. The minimum Gasteiger partial charge on any atom is -0.352 e. The van der Waals surface area contributed by atoms with Gasteiger partial charge < -0.3 is 10.2 Å². The molecule has 1 amide bonds. The summed E-state index contributed by atoms with van der Waals surface area (Å²) in [6.07, 6.45) is 2.41. The lowest BCUT2D eigenvalue weighted by Crippen LogP contribution is -2.48. The second-order valence-corrected chi connectivity index (χ2v) is 6.65. The van der Waals surface area contributed by atoms with Crippen LogP contribution in [0, 0.1) is 0 Å². The number of hydrogen-bond acceptors (Lipinski definition) is 2. The van der Waals surface area contributed by atoms with Crippen molar-refractivity contribution in [3.8, 4) is 0 Å². The smallest absolute Gasteiger partial charge is 0.235 e. The number of amides is 1. The molecule has 0 aromatic heterocycles. The van der Waals surface area contributed by atoms with Crippen molar-refractivity contribution in [2.24, 2.45) is 0 Å². The molecule has 2 rings (SSSR count). The van der Waals surface area contributed by atoms with Gasteiger partial charge in [0.05, 0.1) is 0 Å². The zero-order valence-electron chi connectivity index (χ0n) is 15.8. The Labute approximate surface area is 163 Å². The van der Waals surface area contributed by atoms with Gasteiger partial charge in [0, 0.05) is 12.6 Å². The Morgan fingerprint density at radius 3 is 1.92 bits per heavy atom. The highest BCUT2D eigenvalue weighted by atomic mass is 35.5. The Balaban J connectivity index is 0.00000338. The third-order valence-electron chi connectivity index (χ3n) is 4.81. The monoisotopic (exact) mass is 372 g/mol. The van der Waals surface area contributed by atoms with Gasteiger partial charge in [0.2, 0.25) is 5.91 Å². The third kappa shape index (κ3) is 4.75. The van der Waals surface area contributed by atoms with Crippen LogP contribution in [0.25, 0.3) is 0 Å². The summed E-state index contributed by atoms with van der Waals surface area (Å²) in [6, 6.07) is 20.4. The first-order chi connectivity index (χ1) is 12.0. The van der Waals surface area contributed by atoms with Gasteiger partial charge in [-0.3, -0.25) is 4.79 Å². The van der Waals surface area contributed by atoms with E-state index >= 15 is 0 Å². The average Bonchev–Trinajstić information content (AvgIpc) is 2.65. The number of hydrogen-bond donors (Lipinski definition) is 1. The van der Waals surface area contributed by atoms with Gasteiger partial charge in [-0.05, 0) is 38.6 Å². The largest absolute Gasteiger partial charge is 0.352 e. The molecule has 0 saturated heterocycles. The summed E-state index contributed by atoms with van der Waals surface area (Å²) in [4.78, 5) is 15.6. The van der Waals surface area contributed by atoms with Gasteiger partial charge in [-0.1, -0.05) is 66.7 Å². The van der Waals surface area contributed by atoms with Crippen molar-refractivity contribution < 1.29 is 4.79 Å². The van der Waals surface area contributed by atoms with E-state index in [1.54, 1.807) is 6.08 Å². The van der Waals surface area contributed by atoms with E-state index in [0.29, 0.717) is 13.0 Å². The Morgan fingerprint density at radius 1 is 1.08 bits per heavy atom. The second-order valence-electron chi connectivity index (χ2n) is 6.65. The van der Waals surface area contributed by atoms with Crippen LogP contribution in [0.5, 0.6) is 0 Å². The summed E-state index contributed by atoms with van der Waals surface area (Å²) < 4.78 is 0. The van der Waals surface area contributed by atoms with Crippen LogP contribution < -0.4 is 5.32 Å². The van der Waals surface area contributed by atoms with Crippen molar-refractivity contribution in [1.29, 1.82) is 0 Å². The average molecular weight is 373 g/mol. The molecule has 0 saturated carbocycles.